The fourth-order valence-corrected chi connectivity index (χ4v) is 2.74. The molecule has 0 aliphatic heterocycles. The van der Waals surface area contributed by atoms with Crippen LogP contribution < -0.4 is 16.0 Å². The fraction of sp³-hybridized carbons (Fsp3) is 0.0417. The quantitative estimate of drug-likeness (QED) is 0.523. The van der Waals surface area contributed by atoms with E-state index in [-0.39, 0.29) is 17.7 Å². The van der Waals surface area contributed by atoms with Gasteiger partial charge in [0.15, 0.2) is 0 Å². The zero-order valence-electron chi connectivity index (χ0n) is 16.2. The molecular weight excluding hydrogens is 378 g/mol. The topological polar surface area (TPSA) is 87.3 Å². The van der Waals surface area contributed by atoms with Crippen molar-refractivity contribution in [2.45, 2.75) is 0 Å². The van der Waals surface area contributed by atoms with Crippen LogP contribution in [-0.2, 0) is 0 Å². The number of rotatable bonds is 7. The van der Waals surface area contributed by atoms with Crippen LogP contribution in [0.25, 0.3) is 0 Å². The molecule has 0 fully saturated rings. The summed E-state index contributed by atoms with van der Waals surface area (Å²) in [4.78, 5) is 37.1. The van der Waals surface area contributed by atoms with Crippen LogP contribution in [0.5, 0.6) is 0 Å². The Morgan fingerprint density at radius 3 is 2.00 bits per heavy atom. The smallest absolute Gasteiger partial charge is 0.255 e. The van der Waals surface area contributed by atoms with Gasteiger partial charge in [-0.15, -0.1) is 6.58 Å². The standard InChI is InChI=1S/C24H21N3O3/c1-2-16-25-24(30)20-10-6-7-11-21(20)27-23(29)18-12-14-19(15-13-18)26-22(28)17-8-4-3-5-9-17/h2-15H,1,16H2,(H,25,30)(H,26,28)(H,27,29). The summed E-state index contributed by atoms with van der Waals surface area (Å²) < 4.78 is 0. The van der Waals surface area contributed by atoms with E-state index in [0.29, 0.717) is 34.6 Å². The second-order valence-electron chi connectivity index (χ2n) is 6.40. The molecule has 0 aliphatic rings. The third-order valence-electron chi connectivity index (χ3n) is 4.27. The first kappa shape index (κ1) is 20.5. The third kappa shape index (κ3) is 5.20. The Labute approximate surface area is 174 Å². The highest BCUT2D eigenvalue weighted by atomic mass is 16.2. The van der Waals surface area contributed by atoms with E-state index in [2.05, 4.69) is 22.5 Å². The van der Waals surface area contributed by atoms with Gasteiger partial charge in [0.25, 0.3) is 17.7 Å². The molecule has 0 aliphatic carbocycles. The summed E-state index contributed by atoms with van der Waals surface area (Å²) in [6.07, 6.45) is 1.58. The number of nitrogens with one attached hydrogen (secondary N) is 3. The molecule has 3 aromatic rings. The maximum atomic E-state index is 12.6. The Balaban J connectivity index is 1.68. The maximum Gasteiger partial charge on any atom is 0.255 e. The molecule has 0 spiro atoms. The van der Waals surface area contributed by atoms with Gasteiger partial charge in [-0.05, 0) is 48.5 Å². The van der Waals surface area contributed by atoms with Crippen LogP contribution >= 0.6 is 0 Å². The second-order valence-corrected chi connectivity index (χ2v) is 6.40. The molecule has 3 amide bonds. The lowest BCUT2D eigenvalue weighted by Crippen LogP contribution is -2.25. The Morgan fingerprint density at radius 1 is 0.700 bits per heavy atom. The molecule has 3 N–H and O–H groups in total. The first-order valence-electron chi connectivity index (χ1n) is 9.34. The molecule has 0 aromatic heterocycles. The van der Waals surface area contributed by atoms with Crippen LogP contribution in [0.2, 0.25) is 0 Å². The Hall–Kier alpha value is -4.19. The molecule has 0 unspecified atom stereocenters. The van der Waals surface area contributed by atoms with Gasteiger partial charge in [0.1, 0.15) is 0 Å². The minimum absolute atomic E-state index is 0.229. The molecule has 0 saturated heterocycles. The number of amides is 3. The van der Waals surface area contributed by atoms with Crippen LogP contribution in [0.15, 0.2) is 91.5 Å². The van der Waals surface area contributed by atoms with Gasteiger partial charge in [-0.1, -0.05) is 36.4 Å². The summed E-state index contributed by atoms with van der Waals surface area (Å²) in [5.74, 6) is -0.892. The molecule has 6 heteroatoms. The zero-order chi connectivity index (χ0) is 21.3. The normalized spacial score (nSPS) is 10.0. The molecule has 30 heavy (non-hydrogen) atoms. The van der Waals surface area contributed by atoms with Crippen molar-refractivity contribution in [3.05, 3.63) is 108 Å². The number of hydrogen-bond donors (Lipinski definition) is 3. The molecule has 150 valence electrons. The van der Waals surface area contributed by atoms with Gasteiger partial charge in [-0.2, -0.15) is 0 Å². The van der Waals surface area contributed by atoms with Crippen molar-refractivity contribution in [2.75, 3.05) is 17.2 Å². The molecule has 0 atom stereocenters. The highest BCUT2D eigenvalue weighted by Crippen LogP contribution is 2.17. The average molecular weight is 399 g/mol. The van der Waals surface area contributed by atoms with E-state index < -0.39 is 0 Å². The van der Waals surface area contributed by atoms with Crippen molar-refractivity contribution >= 4 is 29.1 Å². The van der Waals surface area contributed by atoms with Crippen molar-refractivity contribution in [3.63, 3.8) is 0 Å². The van der Waals surface area contributed by atoms with Gasteiger partial charge in [0.2, 0.25) is 0 Å². The van der Waals surface area contributed by atoms with Crippen LogP contribution in [0.4, 0.5) is 11.4 Å². The van der Waals surface area contributed by atoms with Gasteiger partial charge >= 0.3 is 0 Å². The zero-order valence-corrected chi connectivity index (χ0v) is 16.2. The number of carbonyl (C=O) groups is 3. The van der Waals surface area contributed by atoms with E-state index in [9.17, 15) is 14.4 Å². The van der Waals surface area contributed by atoms with Crippen molar-refractivity contribution < 1.29 is 14.4 Å². The minimum atomic E-state index is -0.361. The molecule has 0 radical (unpaired) electrons. The number of anilines is 2. The van der Waals surface area contributed by atoms with E-state index in [1.165, 1.54) is 0 Å². The number of carbonyl (C=O) groups excluding carboxylic acids is 3. The maximum absolute atomic E-state index is 12.6. The van der Waals surface area contributed by atoms with Crippen molar-refractivity contribution in [3.8, 4) is 0 Å². The molecule has 3 rings (SSSR count). The van der Waals surface area contributed by atoms with Gasteiger partial charge in [0, 0.05) is 23.4 Å². The molecule has 0 heterocycles. The van der Waals surface area contributed by atoms with Crippen molar-refractivity contribution in [1.29, 1.82) is 0 Å². The number of para-hydroxylation sites is 1. The van der Waals surface area contributed by atoms with E-state index >= 15 is 0 Å². The van der Waals surface area contributed by atoms with E-state index in [1.807, 2.05) is 6.07 Å². The fourth-order valence-electron chi connectivity index (χ4n) is 2.74. The lowest BCUT2D eigenvalue weighted by molar-refractivity contribution is 0.0958. The van der Waals surface area contributed by atoms with Gasteiger partial charge in [0.05, 0.1) is 11.3 Å². The van der Waals surface area contributed by atoms with E-state index in [0.717, 1.165) is 0 Å². The molecule has 6 nitrogen and oxygen atoms in total. The summed E-state index contributed by atoms with van der Waals surface area (Å²) in [6, 6.07) is 22.1. The molecule has 0 bridgehead atoms. The lowest BCUT2D eigenvalue weighted by Gasteiger charge is -2.11. The second kappa shape index (κ2) is 9.84. The van der Waals surface area contributed by atoms with Crippen LogP contribution in [0, 0.1) is 0 Å². The highest BCUT2D eigenvalue weighted by Gasteiger charge is 2.14. The highest BCUT2D eigenvalue weighted by molar-refractivity contribution is 6.09. The summed E-state index contributed by atoms with van der Waals surface area (Å²) in [5, 5.41) is 8.24. The van der Waals surface area contributed by atoms with Gasteiger partial charge < -0.3 is 16.0 Å². The van der Waals surface area contributed by atoms with E-state index in [1.54, 1.807) is 78.9 Å². The van der Waals surface area contributed by atoms with Crippen LogP contribution in [0.1, 0.15) is 31.1 Å². The first-order valence-corrected chi connectivity index (χ1v) is 9.34. The van der Waals surface area contributed by atoms with E-state index in [4.69, 9.17) is 0 Å². The third-order valence-corrected chi connectivity index (χ3v) is 4.27. The Morgan fingerprint density at radius 2 is 1.30 bits per heavy atom. The molecular formula is C24H21N3O3. The largest absolute Gasteiger partial charge is 0.349 e. The number of hydrogen-bond acceptors (Lipinski definition) is 3. The predicted molar refractivity (Wildman–Crippen MR) is 118 cm³/mol. The predicted octanol–water partition coefficient (Wildman–Crippen LogP) is 4.11. The monoisotopic (exact) mass is 399 g/mol. The average Bonchev–Trinajstić information content (AvgIpc) is 2.79. The first-order chi connectivity index (χ1) is 14.6. The minimum Gasteiger partial charge on any atom is -0.349 e. The Kier molecular flexibility index (Phi) is 6.74. The Bertz CT molecular complexity index is 1060. The SMILES string of the molecule is C=CCNC(=O)c1ccccc1NC(=O)c1ccc(NC(=O)c2ccccc2)cc1. The summed E-state index contributed by atoms with van der Waals surface area (Å²) in [7, 11) is 0. The number of benzene rings is 3. The molecule has 3 aromatic carbocycles. The summed E-state index contributed by atoms with van der Waals surface area (Å²) >= 11 is 0. The summed E-state index contributed by atoms with van der Waals surface area (Å²) in [5.41, 5.74) is 2.29. The summed E-state index contributed by atoms with van der Waals surface area (Å²) in [6.45, 7) is 3.90. The van der Waals surface area contributed by atoms with Crippen molar-refractivity contribution in [1.82, 2.24) is 5.32 Å². The van der Waals surface area contributed by atoms with Gasteiger partial charge in [-0.25, -0.2) is 0 Å². The lowest BCUT2D eigenvalue weighted by atomic mass is 10.1. The van der Waals surface area contributed by atoms with Crippen LogP contribution in [-0.4, -0.2) is 24.3 Å². The van der Waals surface area contributed by atoms with Crippen LogP contribution in [0.3, 0.4) is 0 Å². The van der Waals surface area contributed by atoms with Gasteiger partial charge in [-0.3, -0.25) is 14.4 Å². The molecule has 0 saturated carbocycles. The van der Waals surface area contributed by atoms with Crippen molar-refractivity contribution in [2.24, 2.45) is 0 Å².